The lowest BCUT2D eigenvalue weighted by molar-refractivity contribution is -0.0431. The van der Waals surface area contributed by atoms with Crippen LogP contribution >= 0.6 is 0 Å². The molecule has 0 radical (unpaired) electrons. The molecule has 1 aromatic heterocycles. The first kappa shape index (κ1) is 13.7. The Hall–Kier alpha value is -2.30. The maximum Gasteiger partial charge on any atom is 0.246 e. The monoisotopic (exact) mass is 288 g/mol. The van der Waals surface area contributed by atoms with E-state index in [0.717, 1.165) is 17.1 Å². The summed E-state index contributed by atoms with van der Waals surface area (Å²) in [6.07, 6.45) is 1.22. The molecule has 1 aromatic carbocycles. The fraction of sp³-hybridized carbons (Fsp3) is 0.312. The van der Waals surface area contributed by atoms with E-state index in [2.05, 4.69) is 10.3 Å². The average Bonchev–Trinajstić information content (AvgIpc) is 2.72. The number of benzene rings is 1. The second-order valence-electron chi connectivity index (χ2n) is 5.53. The van der Waals surface area contributed by atoms with Gasteiger partial charge in [-0.3, -0.25) is 4.98 Å². The Labute approximate surface area is 122 Å². The van der Waals surface area contributed by atoms with Crippen LogP contribution < -0.4 is 14.8 Å². The predicted molar refractivity (Wildman–Crippen MR) is 78.0 cm³/mol. The second-order valence-corrected chi connectivity index (χ2v) is 5.53. The van der Waals surface area contributed by atoms with Gasteiger partial charge in [-0.2, -0.15) is 0 Å². The molecule has 0 bridgehead atoms. The topological polar surface area (TPSA) is 43.4 Å². The lowest BCUT2D eigenvalue weighted by Crippen LogP contribution is -2.29. The molecule has 1 atom stereocenters. The molecule has 1 N–H and O–H groups in total. The fourth-order valence-electron chi connectivity index (χ4n) is 2.28. The first-order chi connectivity index (χ1) is 9.93. The van der Waals surface area contributed by atoms with Crippen molar-refractivity contribution in [2.45, 2.75) is 32.6 Å². The second kappa shape index (κ2) is 4.91. The molecule has 2 aromatic rings. The van der Waals surface area contributed by atoms with E-state index in [1.807, 2.05) is 39.0 Å². The molecule has 110 valence electrons. The molecule has 1 unspecified atom stereocenters. The van der Waals surface area contributed by atoms with Gasteiger partial charge in [0.25, 0.3) is 0 Å². The van der Waals surface area contributed by atoms with Crippen LogP contribution in [0.4, 0.5) is 10.1 Å². The van der Waals surface area contributed by atoms with Crippen molar-refractivity contribution in [1.29, 1.82) is 0 Å². The van der Waals surface area contributed by atoms with E-state index in [4.69, 9.17) is 9.47 Å². The molecule has 2 heterocycles. The number of hydrogen-bond donors (Lipinski definition) is 1. The summed E-state index contributed by atoms with van der Waals surface area (Å²) in [5.74, 6) is 0.476. The Morgan fingerprint density at radius 3 is 2.62 bits per heavy atom. The summed E-state index contributed by atoms with van der Waals surface area (Å²) in [4.78, 5) is 4.08. The van der Waals surface area contributed by atoms with Crippen molar-refractivity contribution in [3.8, 4) is 11.5 Å². The molecule has 3 rings (SSSR count). The third kappa shape index (κ3) is 2.91. The average molecular weight is 288 g/mol. The Kier molecular flexibility index (Phi) is 3.20. The largest absolute Gasteiger partial charge is 0.449 e. The molecule has 5 heteroatoms. The van der Waals surface area contributed by atoms with Gasteiger partial charge in [0.2, 0.25) is 5.79 Å². The highest BCUT2D eigenvalue weighted by Crippen LogP contribution is 2.41. The molecule has 0 fully saturated rings. The van der Waals surface area contributed by atoms with Gasteiger partial charge in [0, 0.05) is 25.6 Å². The van der Waals surface area contributed by atoms with Gasteiger partial charge >= 0.3 is 0 Å². The lowest BCUT2D eigenvalue weighted by Gasteiger charge is -2.16. The van der Waals surface area contributed by atoms with E-state index in [9.17, 15) is 4.39 Å². The highest BCUT2D eigenvalue weighted by molar-refractivity contribution is 5.56. The van der Waals surface area contributed by atoms with Gasteiger partial charge in [-0.05, 0) is 31.2 Å². The normalized spacial score (nSPS) is 16.6. The summed E-state index contributed by atoms with van der Waals surface area (Å²) >= 11 is 0. The molecule has 0 spiro atoms. The van der Waals surface area contributed by atoms with E-state index in [0.29, 0.717) is 5.75 Å². The zero-order chi connectivity index (χ0) is 15.0. The molecule has 1 aliphatic heterocycles. The fourth-order valence-corrected chi connectivity index (χ4v) is 2.28. The minimum absolute atomic E-state index is 0.0426. The van der Waals surface area contributed by atoms with Crippen molar-refractivity contribution in [2.24, 2.45) is 0 Å². The van der Waals surface area contributed by atoms with Gasteiger partial charge in [-0.1, -0.05) is 0 Å². The van der Waals surface area contributed by atoms with Gasteiger partial charge < -0.3 is 14.8 Å². The summed E-state index contributed by atoms with van der Waals surface area (Å²) in [6, 6.07) is 8.72. The molecule has 0 aliphatic carbocycles. The van der Waals surface area contributed by atoms with E-state index in [-0.39, 0.29) is 11.9 Å². The van der Waals surface area contributed by atoms with E-state index >= 15 is 0 Å². The number of halogens is 1. The molecule has 21 heavy (non-hydrogen) atoms. The van der Waals surface area contributed by atoms with Crippen molar-refractivity contribution in [1.82, 2.24) is 4.98 Å². The number of nitrogens with zero attached hydrogens (tertiary/aromatic N) is 1. The van der Waals surface area contributed by atoms with Gasteiger partial charge in [-0.15, -0.1) is 0 Å². The van der Waals surface area contributed by atoms with Crippen molar-refractivity contribution in [2.75, 3.05) is 5.32 Å². The van der Waals surface area contributed by atoms with Crippen LogP contribution in [0.1, 0.15) is 32.5 Å². The van der Waals surface area contributed by atoms with Crippen LogP contribution in [-0.4, -0.2) is 10.8 Å². The van der Waals surface area contributed by atoms with Crippen molar-refractivity contribution >= 4 is 5.69 Å². The maximum atomic E-state index is 12.9. The Morgan fingerprint density at radius 2 is 1.90 bits per heavy atom. The number of ether oxygens (including phenoxy) is 2. The summed E-state index contributed by atoms with van der Waals surface area (Å²) in [5, 5.41) is 3.31. The smallest absolute Gasteiger partial charge is 0.246 e. The highest BCUT2D eigenvalue weighted by Gasteiger charge is 2.31. The van der Waals surface area contributed by atoms with Crippen molar-refractivity contribution in [3.05, 3.63) is 48.0 Å². The quantitative estimate of drug-likeness (QED) is 0.930. The van der Waals surface area contributed by atoms with Crippen molar-refractivity contribution < 1.29 is 13.9 Å². The Bertz CT molecular complexity index is 656. The minimum atomic E-state index is -0.634. The van der Waals surface area contributed by atoms with Crippen LogP contribution in [0.3, 0.4) is 0 Å². The number of aromatic nitrogens is 1. The van der Waals surface area contributed by atoms with Gasteiger partial charge in [0.15, 0.2) is 11.5 Å². The molecule has 0 amide bonds. The van der Waals surface area contributed by atoms with Gasteiger partial charge in [-0.25, -0.2) is 4.39 Å². The number of nitrogens with one attached hydrogen (secondary N) is 1. The third-order valence-electron chi connectivity index (χ3n) is 3.23. The number of hydrogen-bond acceptors (Lipinski definition) is 4. The first-order valence-corrected chi connectivity index (χ1v) is 6.83. The molecular formula is C16H17FN2O2. The summed E-state index contributed by atoms with van der Waals surface area (Å²) in [6.45, 7) is 5.70. The third-order valence-corrected chi connectivity index (χ3v) is 3.23. The van der Waals surface area contributed by atoms with Crippen LogP contribution in [0.25, 0.3) is 0 Å². The van der Waals surface area contributed by atoms with Crippen molar-refractivity contribution in [3.63, 3.8) is 0 Å². The minimum Gasteiger partial charge on any atom is -0.449 e. The van der Waals surface area contributed by atoms with E-state index < -0.39 is 5.79 Å². The SMILES string of the molecule is CC(Nc1ccc2c(c1)OC(C)(C)O2)c1ccc(F)cn1. The van der Waals surface area contributed by atoms with Crippen LogP contribution in [-0.2, 0) is 0 Å². The summed E-state index contributed by atoms with van der Waals surface area (Å²) in [5.41, 5.74) is 1.67. The molecule has 4 nitrogen and oxygen atoms in total. The Morgan fingerprint density at radius 1 is 1.14 bits per heavy atom. The standard InChI is InChI=1S/C16H17FN2O2/c1-10(13-6-4-11(17)9-18-13)19-12-5-7-14-15(8-12)21-16(2,3)20-14/h4-10,19H,1-3H3. The van der Waals surface area contributed by atoms with Crippen LogP contribution in [0, 0.1) is 5.82 Å². The first-order valence-electron chi connectivity index (χ1n) is 6.83. The number of fused-ring (bicyclic) bond motifs is 1. The molecular weight excluding hydrogens is 271 g/mol. The van der Waals surface area contributed by atoms with E-state index in [1.165, 1.54) is 12.3 Å². The lowest BCUT2D eigenvalue weighted by atomic mass is 10.2. The number of anilines is 1. The summed E-state index contributed by atoms with van der Waals surface area (Å²) < 4.78 is 24.2. The highest BCUT2D eigenvalue weighted by atomic mass is 19.1. The van der Waals surface area contributed by atoms with E-state index in [1.54, 1.807) is 6.07 Å². The number of rotatable bonds is 3. The summed E-state index contributed by atoms with van der Waals surface area (Å²) in [7, 11) is 0. The molecule has 1 aliphatic rings. The number of pyridine rings is 1. The zero-order valence-corrected chi connectivity index (χ0v) is 12.2. The van der Waals surface area contributed by atoms with Gasteiger partial charge in [0.1, 0.15) is 5.82 Å². The molecule has 0 saturated carbocycles. The van der Waals surface area contributed by atoms with Crippen LogP contribution in [0.5, 0.6) is 11.5 Å². The molecule has 0 saturated heterocycles. The van der Waals surface area contributed by atoms with Crippen LogP contribution in [0.2, 0.25) is 0 Å². The maximum absolute atomic E-state index is 12.9. The van der Waals surface area contributed by atoms with Crippen LogP contribution in [0.15, 0.2) is 36.5 Å². The predicted octanol–water partition coefficient (Wildman–Crippen LogP) is 3.90. The van der Waals surface area contributed by atoms with Gasteiger partial charge in [0.05, 0.1) is 17.9 Å². The zero-order valence-electron chi connectivity index (χ0n) is 12.2. The Balaban J connectivity index is 1.76.